The summed E-state index contributed by atoms with van der Waals surface area (Å²) < 4.78 is 31.7. The summed E-state index contributed by atoms with van der Waals surface area (Å²) >= 11 is 0. The molecule has 2 aromatic rings. The molecule has 6 nitrogen and oxygen atoms in total. The van der Waals surface area contributed by atoms with Crippen molar-refractivity contribution in [2.45, 2.75) is 18.4 Å². The van der Waals surface area contributed by atoms with Crippen LogP contribution in [0.3, 0.4) is 0 Å². The van der Waals surface area contributed by atoms with Crippen LogP contribution in [0.4, 0.5) is 0 Å². The van der Waals surface area contributed by atoms with Crippen LogP contribution >= 0.6 is 0 Å². The molecule has 0 bridgehead atoms. The summed E-state index contributed by atoms with van der Waals surface area (Å²) in [4.78, 5) is 10.7. The number of nitrogens with one attached hydrogen (secondary N) is 1. The summed E-state index contributed by atoms with van der Waals surface area (Å²) in [5.41, 5.74) is 0.260. The number of furan rings is 1. The second-order valence-electron chi connectivity index (χ2n) is 4.17. The Labute approximate surface area is 116 Å². The number of aryl methyl sites for hydroxylation is 1. The minimum atomic E-state index is -3.82. The summed E-state index contributed by atoms with van der Waals surface area (Å²) in [6, 6.07) is 7.08. The lowest BCUT2D eigenvalue weighted by atomic mass is 10.1. The first-order chi connectivity index (χ1) is 9.40. The van der Waals surface area contributed by atoms with E-state index < -0.39 is 16.0 Å². The van der Waals surface area contributed by atoms with Crippen LogP contribution in [0.2, 0.25) is 0 Å². The van der Waals surface area contributed by atoms with Gasteiger partial charge in [-0.05, 0) is 36.2 Å². The molecule has 0 aliphatic carbocycles. The minimum Gasteiger partial charge on any atom is -0.545 e. The molecule has 0 radical (unpaired) electrons. The van der Waals surface area contributed by atoms with E-state index in [1.54, 1.807) is 19.1 Å². The Morgan fingerprint density at radius 3 is 2.70 bits per heavy atom. The van der Waals surface area contributed by atoms with Crippen molar-refractivity contribution in [3.8, 4) is 0 Å². The molecule has 1 aromatic heterocycles. The highest BCUT2D eigenvalue weighted by molar-refractivity contribution is 7.89. The van der Waals surface area contributed by atoms with Crippen molar-refractivity contribution in [1.82, 2.24) is 4.72 Å². The van der Waals surface area contributed by atoms with Gasteiger partial charge in [-0.3, -0.25) is 0 Å². The zero-order chi connectivity index (χ0) is 14.8. The molecule has 0 fully saturated rings. The molecule has 20 heavy (non-hydrogen) atoms. The maximum absolute atomic E-state index is 12.2. The van der Waals surface area contributed by atoms with Gasteiger partial charge in [0.2, 0.25) is 10.0 Å². The van der Waals surface area contributed by atoms with Gasteiger partial charge in [0.25, 0.3) is 0 Å². The maximum Gasteiger partial charge on any atom is 0.241 e. The molecule has 0 saturated carbocycles. The first-order valence-electron chi connectivity index (χ1n) is 5.74. The van der Waals surface area contributed by atoms with Crippen LogP contribution in [0.15, 0.2) is 45.9 Å². The molecule has 1 aromatic carbocycles. The van der Waals surface area contributed by atoms with Crippen LogP contribution < -0.4 is 9.83 Å². The van der Waals surface area contributed by atoms with Crippen LogP contribution in [0.25, 0.3) is 0 Å². The number of carbonyl (C=O) groups is 1. The lowest BCUT2D eigenvalue weighted by Crippen LogP contribution is -2.26. The molecule has 0 amide bonds. The summed E-state index contributed by atoms with van der Waals surface area (Å²) in [6.45, 7) is 1.57. The molecular formula is C13H12NO5S-. The highest BCUT2D eigenvalue weighted by atomic mass is 32.2. The number of aromatic carboxylic acids is 1. The quantitative estimate of drug-likeness (QED) is 0.862. The van der Waals surface area contributed by atoms with Crippen molar-refractivity contribution < 1.29 is 22.7 Å². The van der Waals surface area contributed by atoms with E-state index in [1.165, 1.54) is 18.4 Å². The lowest BCUT2D eigenvalue weighted by molar-refractivity contribution is -0.255. The normalized spacial score (nSPS) is 11.4. The topological polar surface area (TPSA) is 99.4 Å². The number of carboxylic acids is 1. The Hall–Kier alpha value is -2.12. The fourth-order valence-corrected chi connectivity index (χ4v) is 2.94. The van der Waals surface area contributed by atoms with E-state index in [0.717, 1.165) is 6.07 Å². The third kappa shape index (κ3) is 3.06. The Kier molecular flexibility index (Phi) is 3.91. The van der Waals surface area contributed by atoms with Gasteiger partial charge < -0.3 is 14.3 Å². The van der Waals surface area contributed by atoms with Crippen molar-refractivity contribution >= 4 is 16.0 Å². The number of rotatable bonds is 5. The van der Waals surface area contributed by atoms with Gasteiger partial charge in [-0.25, -0.2) is 13.1 Å². The van der Waals surface area contributed by atoms with Gasteiger partial charge >= 0.3 is 0 Å². The van der Waals surface area contributed by atoms with Crippen LogP contribution in [0.5, 0.6) is 0 Å². The van der Waals surface area contributed by atoms with Gasteiger partial charge in [0.15, 0.2) is 0 Å². The van der Waals surface area contributed by atoms with Gasteiger partial charge in [0.1, 0.15) is 5.76 Å². The Morgan fingerprint density at radius 2 is 2.10 bits per heavy atom. The summed E-state index contributed by atoms with van der Waals surface area (Å²) in [6.07, 6.45) is 1.44. The zero-order valence-corrected chi connectivity index (χ0v) is 11.4. The number of carboxylic acid groups (broad SMARTS) is 1. The van der Waals surface area contributed by atoms with Gasteiger partial charge in [0.05, 0.1) is 23.7 Å². The van der Waals surface area contributed by atoms with Crippen molar-refractivity contribution in [2.75, 3.05) is 0 Å². The van der Waals surface area contributed by atoms with E-state index in [0.29, 0.717) is 11.3 Å². The van der Waals surface area contributed by atoms with Crippen molar-refractivity contribution in [3.63, 3.8) is 0 Å². The molecule has 0 aliphatic rings. The van der Waals surface area contributed by atoms with Crippen molar-refractivity contribution in [3.05, 3.63) is 53.5 Å². The SMILES string of the molecule is Cc1ccc(C(=O)[O-])cc1S(=O)(=O)NCc1ccco1. The van der Waals surface area contributed by atoms with Crippen LogP contribution in [0, 0.1) is 6.92 Å². The number of sulfonamides is 1. The van der Waals surface area contributed by atoms with E-state index in [-0.39, 0.29) is 17.0 Å². The van der Waals surface area contributed by atoms with Crippen molar-refractivity contribution in [1.29, 1.82) is 0 Å². The third-order valence-corrected chi connectivity index (χ3v) is 4.27. The Balaban J connectivity index is 2.28. The number of hydrogen-bond acceptors (Lipinski definition) is 5. The molecule has 0 atom stereocenters. The monoisotopic (exact) mass is 294 g/mol. The molecule has 1 N–H and O–H groups in total. The molecule has 0 saturated heterocycles. The molecule has 1 heterocycles. The second-order valence-corrected chi connectivity index (χ2v) is 5.91. The summed E-state index contributed by atoms with van der Waals surface area (Å²) in [5.74, 6) is -0.963. The zero-order valence-electron chi connectivity index (χ0n) is 10.6. The highest BCUT2D eigenvalue weighted by Gasteiger charge is 2.17. The molecular weight excluding hydrogens is 282 g/mol. The van der Waals surface area contributed by atoms with E-state index in [2.05, 4.69) is 4.72 Å². The smallest absolute Gasteiger partial charge is 0.241 e. The van der Waals surface area contributed by atoms with E-state index in [1.807, 2.05) is 0 Å². The molecule has 0 spiro atoms. The third-order valence-electron chi connectivity index (χ3n) is 2.73. The largest absolute Gasteiger partial charge is 0.545 e. The van der Waals surface area contributed by atoms with E-state index >= 15 is 0 Å². The van der Waals surface area contributed by atoms with Crippen molar-refractivity contribution in [2.24, 2.45) is 0 Å². The van der Waals surface area contributed by atoms with Gasteiger partial charge in [-0.2, -0.15) is 0 Å². The molecule has 7 heteroatoms. The Morgan fingerprint density at radius 1 is 1.35 bits per heavy atom. The average Bonchev–Trinajstić information content (AvgIpc) is 2.89. The summed E-state index contributed by atoms with van der Waals surface area (Å²) in [5, 5.41) is 10.8. The fraction of sp³-hybridized carbons (Fsp3) is 0.154. The predicted molar refractivity (Wildman–Crippen MR) is 68.2 cm³/mol. The van der Waals surface area contributed by atoms with Gasteiger partial charge in [-0.1, -0.05) is 12.1 Å². The average molecular weight is 294 g/mol. The lowest BCUT2D eigenvalue weighted by Gasteiger charge is -2.11. The van der Waals surface area contributed by atoms with Gasteiger partial charge in [-0.15, -0.1) is 0 Å². The molecule has 0 unspecified atom stereocenters. The van der Waals surface area contributed by atoms with Crippen LogP contribution in [0.1, 0.15) is 21.7 Å². The van der Waals surface area contributed by atoms with Gasteiger partial charge in [0, 0.05) is 0 Å². The fourth-order valence-electron chi connectivity index (χ4n) is 1.67. The van der Waals surface area contributed by atoms with Crippen LogP contribution in [-0.4, -0.2) is 14.4 Å². The molecule has 106 valence electrons. The van der Waals surface area contributed by atoms with Crippen LogP contribution in [-0.2, 0) is 16.6 Å². The maximum atomic E-state index is 12.2. The number of hydrogen-bond donors (Lipinski definition) is 1. The predicted octanol–water partition coefficient (Wildman–Crippen LogP) is 0.430. The number of carbonyl (C=O) groups excluding carboxylic acids is 1. The summed E-state index contributed by atoms with van der Waals surface area (Å²) in [7, 11) is -3.82. The first-order valence-corrected chi connectivity index (χ1v) is 7.22. The standard InChI is InChI=1S/C13H13NO5S/c1-9-4-5-10(13(15)16)7-12(9)20(17,18)14-8-11-3-2-6-19-11/h2-7,14H,8H2,1H3,(H,15,16)/p-1. The second kappa shape index (κ2) is 5.48. The Bertz CT molecular complexity index is 719. The minimum absolute atomic E-state index is 0.00960. The number of benzene rings is 1. The van der Waals surface area contributed by atoms with E-state index in [9.17, 15) is 18.3 Å². The van der Waals surface area contributed by atoms with E-state index in [4.69, 9.17) is 4.42 Å². The molecule has 2 rings (SSSR count). The molecule has 0 aliphatic heterocycles. The highest BCUT2D eigenvalue weighted by Crippen LogP contribution is 2.17. The first kappa shape index (κ1) is 14.3.